The van der Waals surface area contributed by atoms with Crippen molar-refractivity contribution in [3.63, 3.8) is 0 Å². The first-order chi connectivity index (χ1) is 14.3. The van der Waals surface area contributed by atoms with Crippen molar-refractivity contribution in [1.82, 2.24) is 0 Å². The molecule has 0 aliphatic rings. The summed E-state index contributed by atoms with van der Waals surface area (Å²) in [6, 6.07) is 1.48. The molecule has 0 spiro atoms. The Morgan fingerprint density at radius 2 is 1.07 bits per heavy atom. The van der Waals surface area contributed by atoms with Gasteiger partial charge in [0.2, 0.25) is 0 Å². The van der Waals surface area contributed by atoms with E-state index in [1.165, 1.54) is 115 Å². The van der Waals surface area contributed by atoms with Gasteiger partial charge in [0, 0.05) is 6.08 Å². The Balaban J connectivity index is 3.15. The maximum absolute atomic E-state index is 11.1. The molecular weight excluding hydrogens is 729 g/mol. The molecule has 0 N–H and O–H groups in total. The first-order valence-electron chi connectivity index (χ1n) is 12.2. The number of hydrogen-bond acceptors (Lipinski definition) is 2. The van der Waals surface area contributed by atoms with Gasteiger partial charge in [0.05, 0.1) is 6.10 Å². The van der Waals surface area contributed by atoms with Gasteiger partial charge in [0.15, 0.2) is 0 Å². The highest BCUT2D eigenvalue weighted by Crippen LogP contribution is 2.35. The molecule has 0 saturated heterocycles. The molecule has 0 aromatic rings. The van der Waals surface area contributed by atoms with Gasteiger partial charge in [-0.05, 0) is 25.8 Å². The number of halogens is 3. The van der Waals surface area contributed by atoms with Crippen molar-refractivity contribution in [1.29, 1.82) is 0 Å². The minimum absolute atomic E-state index is 0.0227. The molecule has 0 aromatic carbocycles. The molecule has 0 aliphatic carbocycles. The van der Waals surface area contributed by atoms with Gasteiger partial charge >= 0.3 is 5.97 Å². The topological polar surface area (TPSA) is 26.3 Å². The van der Waals surface area contributed by atoms with E-state index in [2.05, 4.69) is 72.0 Å². The Bertz CT molecular complexity index is 414. The van der Waals surface area contributed by atoms with E-state index in [9.17, 15) is 4.79 Å². The number of carbonyl (C=O) groups is 1. The second kappa shape index (κ2) is 22.4. The molecule has 2 nitrogen and oxygen atoms in total. The van der Waals surface area contributed by atoms with Crippen LogP contribution in [0.5, 0.6) is 0 Å². The maximum Gasteiger partial charge on any atom is 0.330 e. The zero-order valence-electron chi connectivity index (χ0n) is 19.2. The van der Waals surface area contributed by atoms with Gasteiger partial charge in [-0.15, -0.1) is 0 Å². The number of rotatable bonds is 22. The van der Waals surface area contributed by atoms with Crippen molar-refractivity contribution < 1.29 is 9.53 Å². The predicted octanol–water partition coefficient (Wildman–Crippen LogP) is 10.4. The Morgan fingerprint density at radius 3 is 1.40 bits per heavy atom. The van der Waals surface area contributed by atoms with E-state index in [-0.39, 0.29) is 12.1 Å². The van der Waals surface area contributed by atoms with E-state index in [1.807, 2.05) is 6.92 Å². The summed E-state index contributed by atoms with van der Waals surface area (Å²) in [5.74, 6) is -0.301. The molecule has 0 aliphatic heterocycles. The van der Waals surface area contributed by atoms with E-state index < -0.39 is 0.564 Å². The lowest BCUT2D eigenvalue weighted by Crippen LogP contribution is -2.12. The van der Waals surface area contributed by atoms with Crippen LogP contribution in [0.15, 0.2) is 12.7 Å². The quantitative estimate of drug-likeness (QED) is 0.0274. The van der Waals surface area contributed by atoms with Gasteiger partial charge in [0.25, 0.3) is 0.564 Å². The van der Waals surface area contributed by atoms with Gasteiger partial charge < -0.3 is 4.74 Å². The second-order valence-corrected chi connectivity index (χ2v) is 45.5. The molecule has 0 radical (unpaired) electrons. The minimum atomic E-state index is -0.884. The highest BCUT2D eigenvalue weighted by Gasteiger charge is 2.19. The van der Waals surface area contributed by atoms with Crippen LogP contribution in [0.4, 0.5) is 0 Å². The van der Waals surface area contributed by atoms with Crippen molar-refractivity contribution in [3.8, 4) is 0 Å². The highest BCUT2D eigenvalue weighted by atomic mass is 127. The van der Waals surface area contributed by atoms with E-state index in [0.29, 0.717) is 0 Å². The number of carbonyl (C=O) groups excluding carboxylic acids is 1. The van der Waals surface area contributed by atoms with E-state index >= 15 is 0 Å². The van der Waals surface area contributed by atoms with Crippen LogP contribution in [0.25, 0.3) is 0 Å². The monoisotopic (exact) mass is 774 g/mol. The number of ether oxygens (including phenoxy) is 1. The minimum Gasteiger partial charge on any atom is -0.460 e. The maximum atomic E-state index is 11.1. The molecule has 0 rings (SSSR count). The number of hydrogen-bond donors (Lipinski definition) is 0. The van der Waals surface area contributed by atoms with Crippen LogP contribution in [0.1, 0.15) is 122 Å². The van der Waals surface area contributed by atoms with Crippen LogP contribution in [-0.2, 0) is 9.53 Å². The summed E-state index contributed by atoms with van der Waals surface area (Å²) in [7, 11) is 0. The fourth-order valence-corrected chi connectivity index (χ4v) is 7.80. The lowest BCUT2D eigenvalue weighted by molar-refractivity contribution is -0.142. The molecule has 1 unspecified atom stereocenters. The van der Waals surface area contributed by atoms with Crippen LogP contribution in [0.2, 0.25) is 6.04 Å². The van der Waals surface area contributed by atoms with Crippen LogP contribution in [0, 0.1) is 0 Å². The Morgan fingerprint density at radius 1 is 0.733 bits per heavy atom. The zero-order valence-corrected chi connectivity index (χ0v) is 26.7. The first-order valence-corrected chi connectivity index (χ1v) is 23.8. The number of esters is 1. The van der Waals surface area contributed by atoms with Crippen molar-refractivity contribution in [2.24, 2.45) is 0 Å². The smallest absolute Gasteiger partial charge is 0.330 e. The van der Waals surface area contributed by atoms with Crippen molar-refractivity contribution in [2.45, 2.75) is 135 Å². The van der Waals surface area contributed by atoms with E-state index in [4.69, 9.17) is 4.74 Å². The zero-order chi connectivity index (χ0) is 22.5. The van der Waals surface area contributed by atoms with Gasteiger partial charge in [-0.2, -0.15) is 0 Å². The average molecular weight is 774 g/mol. The molecular formula is C24H45I3O2Si. The largest absolute Gasteiger partial charge is 0.460 e. The number of unbranched alkanes of at least 4 members (excludes halogenated alkanes) is 16. The van der Waals surface area contributed by atoms with Crippen LogP contribution < -0.4 is 0 Å². The summed E-state index contributed by atoms with van der Waals surface area (Å²) in [4.78, 5) is 11.1. The van der Waals surface area contributed by atoms with Gasteiger partial charge in [-0.1, -0.05) is 175 Å². The molecule has 1 atom stereocenters. The Kier molecular flexibility index (Phi) is 23.6. The Labute approximate surface area is 226 Å². The van der Waals surface area contributed by atoms with Crippen LogP contribution in [-0.4, -0.2) is 12.6 Å². The molecule has 30 heavy (non-hydrogen) atoms. The summed E-state index contributed by atoms with van der Waals surface area (Å²) in [6.07, 6.45) is 26.0. The third kappa shape index (κ3) is 25.9. The molecule has 0 saturated carbocycles. The van der Waals surface area contributed by atoms with Crippen molar-refractivity contribution in [3.05, 3.63) is 12.7 Å². The fourth-order valence-electron chi connectivity index (χ4n) is 3.71. The lowest BCUT2D eigenvalue weighted by Gasteiger charge is -2.11. The van der Waals surface area contributed by atoms with Crippen LogP contribution >= 0.6 is 65.4 Å². The normalized spacial score (nSPS) is 12.7. The molecule has 0 bridgehead atoms. The second-order valence-electron chi connectivity index (χ2n) is 8.62. The van der Waals surface area contributed by atoms with E-state index in [1.54, 1.807) is 0 Å². The summed E-state index contributed by atoms with van der Waals surface area (Å²) >= 11 is 8.05. The summed E-state index contributed by atoms with van der Waals surface area (Å²) in [6.45, 7) is 5.40. The third-order valence-corrected chi connectivity index (χ3v) is 11.3. The summed E-state index contributed by atoms with van der Waals surface area (Å²) in [5, 5.41) is 0. The van der Waals surface area contributed by atoms with E-state index in [0.717, 1.165) is 12.8 Å². The average Bonchev–Trinajstić information content (AvgIpc) is 2.68. The standard InChI is InChI=1S/C24H45I3O2Si/c1-3-24(28)29-23(2)21-19-17-15-13-11-9-7-5-4-6-8-10-12-14-16-18-20-22-30(25,26)27/h3,23H,1,4-22H2,2H3. The van der Waals surface area contributed by atoms with Crippen LogP contribution in [0.3, 0.4) is 0 Å². The fraction of sp³-hybridized carbons (Fsp3) is 0.875. The molecule has 0 heterocycles. The summed E-state index contributed by atoms with van der Waals surface area (Å²) in [5.41, 5.74) is 0. The first kappa shape index (κ1) is 31.6. The van der Waals surface area contributed by atoms with Gasteiger partial charge in [0.1, 0.15) is 0 Å². The summed E-state index contributed by atoms with van der Waals surface area (Å²) < 4.78 is 4.30. The molecule has 0 amide bonds. The molecule has 0 aromatic heterocycles. The SMILES string of the molecule is C=CC(=O)OC(C)CCCCCCCCCCCCCCCCCCC[Si](I)(I)I. The predicted molar refractivity (Wildman–Crippen MR) is 161 cm³/mol. The third-order valence-electron chi connectivity index (χ3n) is 5.55. The van der Waals surface area contributed by atoms with Crippen molar-refractivity contribution >= 4 is 71.9 Å². The Hall–Kier alpha value is 1.62. The molecule has 6 heteroatoms. The highest BCUT2D eigenvalue weighted by molar-refractivity contribution is 14.4. The lowest BCUT2D eigenvalue weighted by atomic mass is 10.0. The van der Waals surface area contributed by atoms with Crippen molar-refractivity contribution in [2.75, 3.05) is 0 Å². The van der Waals surface area contributed by atoms with Gasteiger partial charge in [-0.25, -0.2) is 4.79 Å². The molecule has 178 valence electrons. The molecule has 0 fully saturated rings. The van der Waals surface area contributed by atoms with Gasteiger partial charge in [-0.3, -0.25) is 0 Å².